The molecule has 0 amide bonds. The minimum atomic E-state index is -1.19. The maximum atomic E-state index is 12.0. The number of aliphatic hydroxyl groups is 1. The number of rotatable bonds is 6. The Morgan fingerprint density at radius 3 is 2.14 bits per heavy atom. The zero-order valence-electron chi connectivity index (χ0n) is 15.3. The second-order valence-electron chi connectivity index (χ2n) is 7.27. The Morgan fingerprint density at radius 2 is 1.54 bits per heavy atom. The number of aromatic nitrogens is 6. The Balaban J connectivity index is 1.57. The van der Waals surface area contributed by atoms with Gasteiger partial charge in [0, 0.05) is 0 Å². The van der Waals surface area contributed by atoms with E-state index in [0.717, 1.165) is 29.5 Å². The van der Waals surface area contributed by atoms with Gasteiger partial charge >= 0.3 is 0 Å². The summed E-state index contributed by atoms with van der Waals surface area (Å²) >= 11 is 0. The highest BCUT2D eigenvalue weighted by Crippen LogP contribution is 2.56. The summed E-state index contributed by atoms with van der Waals surface area (Å²) in [5.74, 6) is 0. The number of hydrogen-bond acceptors (Lipinski definition) is 5. The third-order valence-corrected chi connectivity index (χ3v) is 5.68. The van der Waals surface area contributed by atoms with Gasteiger partial charge in [-0.05, 0) is 29.5 Å². The molecule has 2 aromatic heterocycles. The fourth-order valence-electron chi connectivity index (χ4n) is 4.00. The molecule has 0 radical (unpaired) electrons. The topological polar surface area (TPSA) is 81.6 Å². The molecule has 4 aromatic rings. The summed E-state index contributed by atoms with van der Waals surface area (Å²) in [6.07, 6.45) is 7.94. The smallest absolute Gasteiger partial charge is 0.137 e. The van der Waals surface area contributed by atoms with Gasteiger partial charge in [0.1, 0.15) is 30.9 Å². The van der Waals surface area contributed by atoms with E-state index in [9.17, 15) is 5.11 Å². The first-order chi connectivity index (χ1) is 13.7. The van der Waals surface area contributed by atoms with Crippen LogP contribution in [0.1, 0.15) is 18.4 Å². The summed E-state index contributed by atoms with van der Waals surface area (Å²) < 4.78 is 3.46. The van der Waals surface area contributed by atoms with Crippen LogP contribution in [0.4, 0.5) is 0 Å². The van der Waals surface area contributed by atoms with E-state index in [1.54, 1.807) is 22.0 Å². The van der Waals surface area contributed by atoms with Crippen molar-refractivity contribution in [3.8, 4) is 11.1 Å². The lowest BCUT2D eigenvalue weighted by molar-refractivity contribution is -0.0551. The van der Waals surface area contributed by atoms with Crippen molar-refractivity contribution >= 4 is 0 Å². The monoisotopic (exact) mass is 372 g/mol. The molecular weight excluding hydrogens is 352 g/mol. The molecule has 0 aliphatic heterocycles. The quantitative estimate of drug-likeness (QED) is 0.563. The molecular formula is C21H20N6O. The molecule has 7 heteroatoms. The van der Waals surface area contributed by atoms with Gasteiger partial charge in [0.05, 0.1) is 12.1 Å². The molecule has 5 rings (SSSR count). The van der Waals surface area contributed by atoms with Crippen LogP contribution in [-0.4, -0.2) is 34.6 Å². The lowest BCUT2D eigenvalue weighted by atomic mass is 9.83. The van der Waals surface area contributed by atoms with Crippen LogP contribution in [0.25, 0.3) is 11.1 Å². The first kappa shape index (κ1) is 16.8. The summed E-state index contributed by atoms with van der Waals surface area (Å²) in [4.78, 5) is 8.12. The lowest BCUT2D eigenvalue weighted by Crippen LogP contribution is -2.47. The van der Waals surface area contributed by atoms with Crippen molar-refractivity contribution in [2.45, 2.75) is 30.5 Å². The van der Waals surface area contributed by atoms with Crippen LogP contribution in [0.5, 0.6) is 0 Å². The van der Waals surface area contributed by atoms with Gasteiger partial charge in [-0.3, -0.25) is 0 Å². The Bertz CT molecular complexity index is 1040. The first-order valence-corrected chi connectivity index (χ1v) is 9.27. The predicted molar refractivity (Wildman–Crippen MR) is 103 cm³/mol. The molecule has 1 atom stereocenters. The summed E-state index contributed by atoms with van der Waals surface area (Å²) in [6.45, 7) is 0.289. The fourth-order valence-corrected chi connectivity index (χ4v) is 4.00. The van der Waals surface area contributed by atoms with Crippen molar-refractivity contribution in [3.63, 3.8) is 0 Å². The molecule has 1 fully saturated rings. The number of nitrogens with zero attached hydrogens (tertiary/aromatic N) is 6. The second kappa shape index (κ2) is 6.38. The molecule has 1 saturated carbocycles. The van der Waals surface area contributed by atoms with Gasteiger partial charge in [0.25, 0.3) is 0 Å². The maximum absolute atomic E-state index is 12.0. The Labute approximate surface area is 162 Å². The van der Waals surface area contributed by atoms with Gasteiger partial charge in [-0.25, -0.2) is 19.3 Å². The van der Waals surface area contributed by atoms with E-state index in [2.05, 4.69) is 32.3 Å². The van der Waals surface area contributed by atoms with E-state index in [1.807, 2.05) is 42.5 Å². The van der Waals surface area contributed by atoms with Crippen molar-refractivity contribution in [1.29, 1.82) is 0 Å². The van der Waals surface area contributed by atoms with Crippen molar-refractivity contribution in [2.75, 3.05) is 0 Å². The van der Waals surface area contributed by atoms with Crippen LogP contribution in [-0.2, 0) is 17.7 Å². The molecule has 2 aromatic carbocycles. The Kier molecular flexibility index (Phi) is 3.84. The van der Waals surface area contributed by atoms with Crippen LogP contribution >= 0.6 is 0 Å². The van der Waals surface area contributed by atoms with Gasteiger partial charge in [-0.2, -0.15) is 10.2 Å². The zero-order chi connectivity index (χ0) is 19.0. The molecule has 140 valence electrons. The highest BCUT2D eigenvalue weighted by Gasteiger charge is 2.62. The molecule has 0 saturated heterocycles. The van der Waals surface area contributed by atoms with E-state index in [0.29, 0.717) is 0 Å². The van der Waals surface area contributed by atoms with Gasteiger partial charge in [-0.15, -0.1) is 0 Å². The standard InChI is InChI=1S/C21H20N6O/c28-21(12-26-15-22-13-24-26,20(10-11-20)27-16-23-14-25-27)19-8-6-18(7-9-19)17-4-2-1-3-5-17/h1-9,13-16,28H,10-12H2. The number of benzene rings is 2. The first-order valence-electron chi connectivity index (χ1n) is 9.27. The van der Waals surface area contributed by atoms with E-state index >= 15 is 0 Å². The average molecular weight is 372 g/mol. The molecule has 1 unspecified atom stereocenters. The zero-order valence-corrected chi connectivity index (χ0v) is 15.3. The molecule has 2 heterocycles. The van der Waals surface area contributed by atoms with Gasteiger partial charge in [0.2, 0.25) is 0 Å². The SMILES string of the molecule is OC(Cn1cncn1)(c1ccc(-c2ccccc2)cc1)C1(n2cncn2)CC1. The summed E-state index contributed by atoms with van der Waals surface area (Å²) in [6, 6.07) is 18.3. The molecule has 7 nitrogen and oxygen atoms in total. The van der Waals surface area contributed by atoms with E-state index < -0.39 is 11.1 Å². The summed E-state index contributed by atoms with van der Waals surface area (Å²) in [7, 11) is 0. The van der Waals surface area contributed by atoms with Crippen molar-refractivity contribution in [2.24, 2.45) is 0 Å². The molecule has 0 bridgehead atoms. The minimum absolute atomic E-state index is 0.289. The summed E-state index contributed by atoms with van der Waals surface area (Å²) in [5, 5.41) is 20.6. The fraction of sp³-hybridized carbons (Fsp3) is 0.238. The Hall–Kier alpha value is -3.32. The lowest BCUT2D eigenvalue weighted by Gasteiger charge is -2.37. The normalized spacial score (nSPS) is 17.2. The molecule has 28 heavy (non-hydrogen) atoms. The molecule has 1 aliphatic rings. The van der Waals surface area contributed by atoms with E-state index in [4.69, 9.17) is 0 Å². The number of hydrogen-bond donors (Lipinski definition) is 1. The molecule has 0 spiro atoms. The van der Waals surface area contributed by atoms with Crippen LogP contribution in [0.15, 0.2) is 79.9 Å². The van der Waals surface area contributed by atoms with Crippen LogP contribution in [0.3, 0.4) is 0 Å². The van der Waals surface area contributed by atoms with Gasteiger partial charge < -0.3 is 5.11 Å². The summed E-state index contributed by atoms with van der Waals surface area (Å²) in [5.41, 5.74) is 1.35. The van der Waals surface area contributed by atoms with Crippen LogP contribution in [0, 0.1) is 0 Å². The second-order valence-corrected chi connectivity index (χ2v) is 7.27. The van der Waals surface area contributed by atoms with Crippen molar-refractivity contribution < 1.29 is 5.11 Å². The minimum Gasteiger partial charge on any atom is -0.381 e. The van der Waals surface area contributed by atoms with E-state index in [-0.39, 0.29) is 6.54 Å². The van der Waals surface area contributed by atoms with Crippen LogP contribution in [0.2, 0.25) is 0 Å². The molecule has 1 N–H and O–H groups in total. The van der Waals surface area contributed by atoms with Crippen LogP contribution < -0.4 is 0 Å². The maximum Gasteiger partial charge on any atom is 0.137 e. The van der Waals surface area contributed by atoms with Crippen molar-refractivity contribution in [3.05, 3.63) is 85.5 Å². The van der Waals surface area contributed by atoms with Crippen molar-refractivity contribution in [1.82, 2.24) is 29.5 Å². The Morgan fingerprint density at radius 1 is 0.857 bits per heavy atom. The highest BCUT2D eigenvalue weighted by molar-refractivity contribution is 5.63. The highest BCUT2D eigenvalue weighted by atomic mass is 16.3. The average Bonchev–Trinajstić information content (AvgIpc) is 3.14. The largest absolute Gasteiger partial charge is 0.381 e. The third kappa shape index (κ3) is 2.63. The molecule has 1 aliphatic carbocycles. The predicted octanol–water partition coefficient (Wildman–Crippen LogP) is 2.61. The van der Waals surface area contributed by atoms with Gasteiger partial charge in [-0.1, -0.05) is 54.6 Å². The third-order valence-electron chi connectivity index (χ3n) is 5.68. The van der Waals surface area contributed by atoms with E-state index in [1.165, 1.54) is 12.7 Å². The van der Waals surface area contributed by atoms with Gasteiger partial charge in [0.15, 0.2) is 0 Å².